The van der Waals surface area contributed by atoms with Gasteiger partial charge in [-0.15, -0.1) is 0 Å². The maximum absolute atomic E-state index is 13.8. The minimum atomic E-state index is -5.17. The molecule has 42 heavy (non-hydrogen) atoms. The monoisotopic (exact) mass is 709 g/mol. The van der Waals surface area contributed by atoms with Gasteiger partial charge in [-0.2, -0.15) is 26.3 Å². The fourth-order valence-electron chi connectivity index (χ4n) is 6.22. The molecule has 1 aliphatic carbocycles. The van der Waals surface area contributed by atoms with E-state index in [2.05, 4.69) is 0 Å². The number of anilines is 1. The van der Waals surface area contributed by atoms with Crippen LogP contribution < -0.4 is 9.64 Å². The molecule has 2 saturated heterocycles. The first-order chi connectivity index (χ1) is 19.6. The zero-order valence-corrected chi connectivity index (χ0v) is 24.2. The van der Waals surface area contributed by atoms with Gasteiger partial charge in [-0.05, 0) is 89.1 Å². The van der Waals surface area contributed by atoms with Crippen molar-refractivity contribution in [1.82, 2.24) is 0 Å². The number of imide groups is 1. The molecule has 0 radical (unpaired) electrons. The van der Waals surface area contributed by atoms with Gasteiger partial charge in [0.25, 0.3) is 0 Å². The number of rotatable bonds is 4. The lowest BCUT2D eigenvalue weighted by Gasteiger charge is -2.42. The molecule has 2 aromatic rings. The van der Waals surface area contributed by atoms with Crippen molar-refractivity contribution in [3.8, 4) is 11.5 Å². The van der Waals surface area contributed by atoms with Crippen LogP contribution in [0.1, 0.15) is 49.0 Å². The Balaban J connectivity index is 1.58. The van der Waals surface area contributed by atoms with E-state index in [9.17, 15) is 46.1 Å². The van der Waals surface area contributed by atoms with Crippen molar-refractivity contribution >= 4 is 47.2 Å². The highest BCUT2D eigenvalue weighted by atomic mass is 127. The van der Waals surface area contributed by atoms with Crippen LogP contribution in [-0.2, 0) is 26.6 Å². The van der Waals surface area contributed by atoms with Gasteiger partial charge in [-0.25, -0.2) is 4.90 Å². The van der Waals surface area contributed by atoms with Crippen molar-refractivity contribution in [2.45, 2.75) is 44.6 Å². The van der Waals surface area contributed by atoms with Crippen LogP contribution in [0, 0.1) is 21.3 Å². The third kappa shape index (κ3) is 5.16. The Kier molecular flexibility index (Phi) is 7.84. The van der Waals surface area contributed by atoms with Gasteiger partial charge in [0.1, 0.15) is 0 Å². The van der Waals surface area contributed by atoms with E-state index in [0.29, 0.717) is 43.6 Å². The molecule has 0 saturated carbocycles. The van der Waals surface area contributed by atoms with Crippen molar-refractivity contribution in [3.05, 3.63) is 61.6 Å². The zero-order chi connectivity index (χ0) is 30.9. The number of amides is 2. The van der Waals surface area contributed by atoms with E-state index >= 15 is 0 Å². The number of phenols is 1. The van der Waals surface area contributed by atoms with Crippen molar-refractivity contribution in [2.75, 3.05) is 12.0 Å². The number of alkyl halides is 6. The molecule has 2 aromatic carbocycles. The number of allylic oxidation sites excluding steroid dienone is 2. The third-order valence-corrected chi connectivity index (χ3v) is 8.93. The number of phenolic OH excluding ortho intramolecular Hbond substituents is 1. The molecule has 2 aliphatic heterocycles. The molecule has 4 atom stereocenters. The second-order valence-electron chi connectivity index (χ2n) is 10.4. The van der Waals surface area contributed by atoms with E-state index < -0.39 is 72.0 Å². The number of methoxy groups -OCH3 is 1. The first-order valence-corrected chi connectivity index (χ1v) is 13.9. The Labute approximate surface area is 249 Å². The summed E-state index contributed by atoms with van der Waals surface area (Å²) in [6.45, 7) is 1.77. The van der Waals surface area contributed by atoms with E-state index in [0.717, 1.165) is 0 Å². The van der Waals surface area contributed by atoms with Crippen molar-refractivity contribution in [2.24, 2.45) is 17.8 Å². The summed E-state index contributed by atoms with van der Waals surface area (Å²) >= 11 is 1.88. The summed E-state index contributed by atoms with van der Waals surface area (Å²) in [5.41, 5.74) is -2.59. The molecule has 3 aliphatic rings. The number of ether oxygens (including phenoxy) is 1. The number of hydrogen-bond acceptors (Lipinski definition) is 6. The molecule has 0 unspecified atom stereocenters. The quantitative estimate of drug-likeness (QED) is 0.174. The van der Waals surface area contributed by atoms with E-state index in [1.807, 2.05) is 22.6 Å². The Morgan fingerprint density at radius 2 is 1.64 bits per heavy atom. The maximum Gasteiger partial charge on any atom is 0.487 e. The van der Waals surface area contributed by atoms with Gasteiger partial charge in [0.15, 0.2) is 11.5 Å². The van der Waals surface area contributed by atoms with E-state index in [1.54, 1.807) is 13.0 Å². The number of hydrogen-bond donors (Lipinski definition) is 2. The summed E-state index contributed by atoms with van der Waals surface area (Å²) in [5, 5.41) is 21.3. The van der Waals surface area contributed by atoms with Gasteiger partial charge in [0, 0.05) is 0 Å². The van der Waals surface area contributed by atoms with E-state index in [4.69, 9.17) is 9.39 Å². The number of fused-ring (bicyclic) bond motifs is 3. The summed E-state index contributed by atoms with van der Waals surface area (Å²) in [7, 11) is -0.134. The topological polar surface area (TPSA) is 96.3 Å². The highest BCUT2D eigenvalue weighted by Crippen LogP contribution is 2.53. The minimum absolute atomic E-state index is 0.00478. The lowest BCUT2D eigenvalue weighted by atomic mass is 9.55. The highest BCUT2D eigenvalue weighted by molar-refractivity contribution is 14.1. The molecule has 0 spiro atoms. The van der Waals surface area contributed by atoms with Gasteiger partial charge < -0.3 is 19.5 Å². The fourth-order valence-corrected chi connectivity index (χ4v) is 6.85. The Morgan fingerprint density at radius 3 is 2.19 bits per heavy atom. The number of aromatic hydroxyl groups is 1. The SMILES string of the molecule is CCC1=C2B(O)O[C@H](c3cc(I)c(O)c(OC)c3)C[C@H]2[C@H]2C(=O)N(c3cc(C(F)(F)F)cc(C(F)(F)F)c3)C(=O)[C@H]2C1. The lowest BCUT2D eigenvalue weighted by molar-refractivity contribution is -0.143. The number of benzene rings is 2. The molecule has 15 heteroatoms. The van der Waals surface area contributed by atoms with Gasteiger partial charge >= 0.3 is 19.5 Å². The van der Waals surface area contributed by atoms with Crippen LogP contribution >= 0.6 is 22.6 Å². The number of carbonyl (C=O) groups excluding carboxylic acids is 2. The largest absolute Gasteiger partial charge is 0.504 e. The van der Waals surface area contributed by atoms with Crippen molar-refractivity contribution in [1.29, 1.82) is 0 Å². The predicted molar refractivity (Wildman–Crippen MR) is 145 cm³/mol. The molecule has 2 N–H and O–H groups in total. The molecule has 0 aromatic heterocycles. The summed E-state index contributed by atoms with van der Waals surface area (Å²) in [6, 6.07) is 3.76. The van der Waals surface area contributed by atoms with Crippen molar-refractivity contribution < 1.29 is 55.5 Å². The van der Waals surface area contributed by atoms with Crippen LogP contribution in [0.4, 0.5) is 32.0 Å². The molecule has 2 fully saturated rings. The van der Waals surface area contributed by atoms with Gasteiger partial charge in [0.2, 0.25) is 11.8 Å². The van der Waals surface area contributed by atoms with Gasteiger partial charge in [-0.1, -0.05) is 12.5 Å². The predicted octanol–water partition coefficient (Wildman–Crippen LogP) is 6.06. The average Bonchev–Trinajstić information content (AvgIpc) is 3.17. The van der Waals surface area contributed by atoms with Crippen LogP contribution in [0.5, 0.6) is 11.5 Å². The van der Waals surface area contributed by atoms with E-state index in [1.165, 1.54) is 13.2 Å². The second-order valence-corrected chi connectivity index (χ2v) is 11.6. The van der Waals surface area contributed by atoms with Crippen LogP contribution in [0.25, 0.3) is 0 Å². The summed E-state index contributed by atoms with van der Waals surface area (Å²) in [4.78, 5) is 27.8. The zero-order valence-electron chi connectivity index (χ0n) is 22.0. The second kappa shape index (κ2) is 10.7. The molecule has 224 valence electrons. The number of halogens is 7. The molecular formula is C27H23BF6INO6. The van der Waals surface area contributed by atoms with Crippen LogP contribution in [0.2, 0.25) is 0 Å². The third-order valence-electron chi connectivity index (χ3n) is 8.11. The average molecular weight is 709 g/mol. The standard InChI is InChI=1S/C27H23BF6INO6/c1-3-11-4-17-21(16-10-19(42-28(40)22(11)16)12-5-18(35)23(37)20(6-12)41-2)25(39)36(24(17)38)15-8-13(26(29,30)31)7-14(9-15)27(32,33)34/h5-9,16-17,19,21,37,40H,3-4,10H2,1-2H3/t16-,17-,19-,21+/m0/s1. The molecular weight excluding hydrogens is 686 g/mol. The fraction of sp³-hybridized carbons (Fsp3) is 0.407. The number of carbonyl (C=O) groups is 2. The Morgan fingerprint density at radius 1 is 1.02 bits per heavy atom. The van der Waals surface area contributed by atoms with Crippen LogP contribution in [0.15, 0.2) is 41.4 Å². The number of nitrogens with zero attached hydrogens (tertiary/aromatic N) is 1. The molecule has 0 bridgehead atoms. The van der Waals surface area contributed by atoms with E-state index in [-0.39, 0.29) is 30.4 Å². The summed E-state index contributed by atoms with van der Waals surface area (Å²) < 4.78 is 92.9. The molecule has 2 heterocycles. The normalized spacial score (nSPS) is 24.7. The smallest absolute Gasteiger partial charge is 0.487 e. The Bertz CT molecular complexity index is 1460. The molecule has 2 amide bonds. The summed E-state index contributed by atoms with van der Waals surface area (Å²) in [5.74, 6) is -4.82. The van der Waals surface area contributed by atoms with Crippen LogP contribution in [0.3, 0.4) is 0 Å². The highest BCUT2D eigenvalue weighted by Gasteiger charge is 2.58. The minimum Gasteiger partial charge on any atom is -0.504 e. The van der Waals surface area contributed by atoms with Gasteiger partial charge in [-0.3, -0.25) is 9.59 Å². The Hall–Kier alpha value is -2.79. The first-order valence-electron chi connectivity index (χ1n) is 12.9. The molecule has 5 rings (SSSR count). The van der Waals surface area contributed by atoms with Crippen LogP contribution in [-0.4, -0.2) is 36.2 Å². The maximum atomic E-state index is 13.8. The van der Waals surface area contributed by atoms with Crippen molar-refractivity contribution in [3.63, 3.8) is 0 Å². The summed E-state index contributed by atoms with van der Waals surface area (Å²) in [6.07, 6.45) is -10.7. The molecule has 7 nitrogen and oxygen atoms in total. The first kappa shape index (κ1) is 30.7. The lowest BCUT2D eigenvalue weighted by Crippen LogP contribution is -2.44. The van der Waals surface area contributed by atoms with Gasteiger partial charge in [0.05, 0.1) is 45.4 Å².